The Balaban J connectivity index is 2.71. The number of nitrogens with two attached hydrogens (primary N) is 1. The zero-order chi connectivity index (χ0) is 12.3. The zero-order valence-corrected chi connectivity index (χ0v) is 8.17. The van der Waals surface area contributed by atoms with Crippen LogP contribution in [0.4, 0.5) is 13.2 Å². The monoisotopic (exact) mass is 237 g/mol. The van der Waals surface area contributed by atoms with Gasteiger partial charge in [-0.05, 0) is 0 Å². The Bertz CT molecular complexity index is 432. The summed E-state index contributed by atoms with van der Waals surface area (Å²) in [6.45, 7) is -0.475. The van der Waals surface area contributed by atoms with Gasteiger partial charge in [0.05, 0.1) is 12.8 Å². The number of halogens is 3. The molecule has 0 fully saturated rings. The first kappa shape index (κ1) is 12.3. The predicted molar refractivity (Wildman–Crippen MR) is 48.6 cm³/mol. The van der Waals surface area contributed by atoms with Gasteiger partial charge in [-0.25, -0.2) is 4.79 Å². The molecule has 0 spiro atoms. The number of hydrogen-bond donors (Lipinski definition) is 2. The van der Waals surface area contributed by atoms with Crippen molar-refractivity contribution in [2.45, 2.75) is 25.6 Å². The zero-order valence-electron chi connectivity index (χ0n) is 8.17. The highest BCUT2D eigenvalue weighted by molar-refractivity contribution is 5.75. The van der Waals surface area contributed by atoms with Crippen molar-refractivity contribution in [3.63, 3.8) is 0 Å². The van der Waals surface area contributed by atoms with Gasteiger partial charge in [-0.3, -0.25) is 9.36 Å². The molecule has 1 aromatic rings. The summed E-state index contributed by atoms with van der Waals surface area (Å²) in [6, 6.07) is 0. The summed E-state index contributed by atoms with van der Waals surface area (Å²) in [4.78, 5) is 23.9. The Morgan fingerprint density at radius 2 is 2.12 bits per heavy atom. The first-order valence-electron chi connectivity index (χ1n) is 4.41. The van der Waals surface area contributed by atoms with E-state index in [2.05, 4.69) is 4.98 Å². The second kappa shape index (κ2) is 4.42. The fraction of sp³-hybridized carbons (Fsp3) is 0.500. The van der Waals surface area contributed by atoms with Crippen molar-refractivity contribution in [1.29, 1.82) is 0 Å². The molecule has 16 heavy (non-hydrogen) atoms. The van der Waals surface area contributed by atoms with Crippen LogP contribution in [0, 0.1) is 0 Å². The maximum absolute atomic E-state index is 11.9. The van der Waals surface area contributed by atoms with Crippen LogP contribution in [0.25, 0.3) is 0 Å². The molecule has 1 rings (SSSR count). The number of primary amides is 1. The maximum Gasteiger partial charge on any atom is 0.390 e. The van der Waals surface area contributed by atoms with Gasteiger partial charge in [-0.15, -0.1) is 0 Å². The predicted octanol–water partition coefficient (Wildman–Crippen LogP) is 0.157. The Hall–Kier alpha value is -1.73. The van der Waals surface area contributed by atoms with E-state index in [1.807, 2.05) is 0 Å². The molecule has 0 aliphatic carbocycles. The van der Waals surface area contributed by atoms with E-state index in [1.54, 1.807) is 0 Å². The van der Waals surface area contributed by atoms with Gasteiger partial charge in [-0.1, -0.05) is 0 Å². The van der Waals surface area contributed by atoms with Crippen LogP contribution in [0.3, 0.4) is 0 Å². The second-order valence-electron chi connectivity index (χ2n) is 3.29. The molecule has 3 N–H and O–H groups in total. The molecule has 0 unspecified atom stereocenters. The van der Waals surface area contributed by atoms with Crippen LogP contribution in [0.1, 0.15) is 12.1 Å². The van der Waals surface area contributed by atoms with E-state index in [9.17, 15) is 22.8 Å². The Labute approximate surface area is 88.1 Å². The number of H-pyrrole nitrogens is 1. The number of nitrogens with zero attached hydrogens (tertiary/aromatic N) is 1. The number of aromatic nitrogens is 2. The molecule has 1 heterocycles. The summed E-state index contributed by atoms with van der Waals surface area (Å²) >= 11 is 0. The van der Waals surface area contributed by atoms with E-state index in [-0.39, 0.29) is 12.1 Å². The van der Waals surface area contributed by atoms with Crippen molar-refractivity contribution in [2.24, 2.45) is 5.73 Å². The molecule has 0 aromatic carbocycles. The van der Waals surface area contributed by atoms with Gasteiger partial charge in [0, 0.05) is 18.4 Å². The van der Waals surface area contributed by atoms with Gasteiger partial charge in [0.15, 0.2) is 0 Å². The van der Waals surface area contributed by atoms with Gasteiger partial charge in [0.1, 0.15) is 0 Å². The maximum atomic E-state index is 11.9. The fourth-order valence-corrected chi connectivity index (χ4v) is 1.18. The Kier molecular flexibility index (Phi) is 3.41. The summed E-state index contributed by atoms with van der Waals surface area (Å²) in [6.07, 6.45) is -4.45. The highest BCUT2D eigenvalue weighted by Crippen LogP contribution is 2.19. The number of amides is 1. The molecular formula is C8H10F3N3O2. The molecule has 0 bridgehead atoms. The lowest BCUT2D eigenvalue weighted by atomic mass is 10.3. The van der Waals surface area contributed by atoms with Gasteiger partial charge in [0.2, 0.25) is 5.91 Å². The lowest BCUT2D eigenvalue weighted by Gasteiger charge is -2.05. The van der Waals surface area contributed by atoms with Crippen molar-refractivity contribution in [2.75, 3.05) is 0 Å². The fourth-order valence-electron chi connectivity index (χ4n) is 1.18. The van der Waals surface area contributed by atoms with Crippen LogP contribution in [-0.4, -0.2) is 21.6 Å². The van der Waals surface area contributed by atoms with Crippen LogP contribution in [0.5, 0.6) is 0 Å². The Morgan fingerprint density at radius 3 is 2.62 bits per heavy atom. The number of aryl methyl sites for hydroxylation is 1. The van der Waals surface area contributed by atoms with Crippen molar-refractivity contribution in [3.8, 4) is 0 Å². The largest absolute Gasteiger partial charge is 0.390 e. The van der Waals surface area contributed by atoms with Crippen LogP contribution < -0.4 is 11.4 Å². The van der Waals surface area contributed by atoms with Gasteiger partial charge < -0.3 is 10.7 Å². The average molecular weight is 237 g/mol. The molecule has 0 saturated heterocycles. The van der Waals surface area contributed by atoms with Crippen LogP contribution in [0.2, 0.25) is 0 Å². The molecule has 0 atom stereocenters. The molecule has 90 valence electrons. The van der Waals surface area contributed by atoms with E-state index in [4.69, 9.17) is 5.73 Å². The highest BCUT2D eigenvalue weighted by atomic mass is 19.4. The molecule has 1 amide bonds. The summed E-state index contributed by atoms with van der Waals surface area (Å²) < 4.78 is 36.5. The van der Waals surface area contributed by atoms with Gasteiger partial charge >= 0.3 is 11.9 Å². The number of aromatic amines is 1. The van der Waals surface area contributed by atoms with Gasteiger partial charge in [-0.2, -0.15) is 13.2 Å². The summed E-state index contributed by atoms with van der Waals surface area (Å²) in [5, 5.41) is 0. The van der Waals surface area contributed by atoms with Gasteiger partial charge in [0.25, 0.3) is 0 Å². The topological polar surface area (TPSA) is 80.9 Å². The van der Waals surface area contributed by atoms with Crippen molar-refractivity contribution in [1.82, 2.24) is 9.55 Å². The third-order valence-corrected chi connectivity index (χ3v) is 1.84. The normalized spacial score (nSPS) is 11.7. The quantitative estimate of drug-likeness (QED) is 0.781. The van der Waals surface area contributed by atoms with Crippen molar-refractivity contribution >= 4 is 5.91 Å². The van der Waals surface area contributed by atoms with Crippen LogP contribution >= 0.6 is 0 Å². The molecule has 8 heteroatoms. The highest BCUT2D eigenvalue weighted by Gasteiger charge is 2.27. The number of hydrogen-bond acceptors (Lipinski definition) is 2. The van der Waals surface area contributed by atoms with E-state index < -0.39 is 30.7 Å². The van der Waals surface area contributed by atoms with E-state index in [0.717, 1.165) is 4.57 Å². The second-order valence-corrected chi connectivity index (χ2v) is 3.29. The standard InChI is InChI=1S/C8H10F3N3O2/c9-8(10,11)1-2-14-4-5(3-6(12)15)13-7(14)16/h4H,1-3H2,(H2,12,15)(H,13,16). The third-order valence-electron chi connectivity index (χ3n) is 1.84. The minimum absolute atomic E-state index is 0.200. The minimum atomic E-state index is -4.32. The number of alkyl halides is 3. The van der Waals surface area contributed by atoms with E-state index in [1.165, 1.54) is 6.20 Å². The molecule has 1 aromatic heterocycles. The number of imidazole rings is 1. The first-order valence-corrected chi connectivity index (χ1v) is 4.41. The van der Waals surface area contributed by atoms with E-state index >= 15 is 0 Å². The molecule has 0 aliphatic rings. The number of carbonyl (C=O) groups is 1. The Morgan fingerprint density at radius 1 is 1.50 bits per heavy atom. The lowest BCUT2D eigenvalue weighted by Crippen LogP contribution is -2.20. The summed E-state index contributed by atoms with van der Waals surface area (Å²) in [7, 11) is 0. The van der Waals surface area contributed by atoms with E-state index in [0.29, 0.717) is 0 Å². The molecule has 5 nitrogen and oxygen atoms in total. The molecule has 0 saturated carbocycles. The number of rotatable bonds is 4. The molecule has 0 radical (unpaired) electrons. The lowest BCUT2D eigenvalue weighted by molar-refractivity contribution is -0.136. The summed E-state index contributed by atoms with van der Waals surface area (Å²) in [5.74, 6) is -0.663. The van der Waals surface area contributed by atoms with Crippen LogP contribution in [-0.2, 0) is 17.8 Å². The van der Waals surface area contributed by atoms with Crippen LogP contribution in [0.15, 0.2) is 11.0 Å². The smallest absolute Gasteiger partial charge is 0.369 e. The molecule has 0 aliphatic heterocycles. The minimum Gasteiger partial charge on any atom is -0.369 e. The molecular weight excluding hydrogens is 227 g/mol. The third kappa shape index (κ3) is 3.79. The number of nitrogens with one attached hydrogen (secondary N) is 1. The van der Waals surface area contributed by atoms with Crippen molar-refractivity contribution < 1.29 is 18.0 Å². The first-order chi connectivity index (χ1) is 7.28. The average Bonchev–Trinajstić information content (AvgIpc) is 2.40. The number of carbonyl (C=O) groups excluding carboxylic acids is 1. The van der Waals surface area contributed by atoms with Crippen molar-refractivity contribution in [3.05, 3.63) is 22.4 Å². The summed E-state index contributed by atoms with van der Waals surface area (Å²) in [5.41, 5.74) is 4.40. The SMILES string of the molecule is NC(=O)Cc1cn(CCC(F)(F)F)c(=O)[nH]1.